The first-order valence-electron chi connectivity index (χ1n) is 5.13. The third-order valence-electron chi connectivity index (χ3n) is 2.10. The summed E-state index contributed by atoms with van der Waals surface area (Å²) in [5, 5.41) is 7.27. The zero-order valence-corrected chi connectivity index (χ0v) is 10.9. The van der Waals surface area contributed by atoms with Crippen LogP contribution in [-0.4, -0.2) is 18.6 Å². The number of hydrogen-bond donors (Lipinski definition) is 2. The van der Waals surface area contributed by atoms with Gasteiger partial charge in [-0.15, -0.1) is 0 Å². The summed E-state index contributed by atoms with van der Waals surface area (Å²) in [5.74, 6) is 0.347. The minimum absolute atomic E-state index is 0.00856. The number of benzene rings is 1. The summed E-state index contributed by atoms with van der Waals surface area (Å²) in [5.41, 5.74) is 5.83. The molecule has 0 bridgehead atoms. The summed E-state index contributed by atoms with van der Waals surface area (Å²) < 4.78 is 41.4. The molecule has 18 heavy (non-hydrogen) atoms. The van der Waals surface area contributed by atoms with Gasteiger partial charge in [0.05, 0.1) is 6.61 Å². The molecule has 0 aliphatic heterocycles. The maximum Gasteiger partial charge on any atom is 0.389 e. The molecular formula is C11H12BrF3N2O. The average Bonchev–Trinajstić information content (AvgIpc) is 2.22. The molecule has 1 aromatic carbocycles. The molecule has 0 unspecified atom stereocenters. The van der Waals surface area contributed by atoms with Crippen molar-refractivity contribution in [3.63, 3.8) is 0 Å². The van der Waals surface area contributed by atoms with Crippen LogP contribution >= 0.6 is 15.9 Å². The zero-order valence-electron chi connectivity index (χ0n) is 9.35. The molecule has 3 nitrogen and oxygen atoms in total. The molecule has 100 valence electrons. The first-order valence-corrected chi connectivity index (χ1v) is 5.92. The topological polar surface area (TPSA) is 59.1 Å². The molecule has 1 aromatic rings. The predicted octanol–water partition coefficient (Wildman–Crippen LogP) is 3.45. The maximum absolute atomic E-state index is 11.9. The second kappa shape index (κ2) is 6.08. The summed E-state index contributed by atoms with van der Waals surface area (Å²) in [6.07, 6.45) is -5.10. The standard InChI is InChI=1S/C11H12BrF3N2O/c12-9-6-7(2-3-8(9)10(16)17)18-5-1-4-11(13,14)15/h2-3,6H,1,4-5H2,(H3,16,17). The van der Waals surface area contributed by atoms with Gasteiger partial charge in [0.1, 0.15) is 11.6 Å². The van der Waals surface area contributed by atoms with Gasteiger partial charge in [0.15, 0.2) is 0 Å². The third kappa shape index (κ3) is 4.95. The Morgan fingerprint density at radius 2 is 2.06 bits per heavy atom. The fourth-order valence-electron chi connectivity index (χ4n) is 1.27. The van der Waals surface area contributed by atoms with E-state index in [0.29, 0.717) is 15.8 Å². The highest BCUT2D eigenvalue weighted by molar-refractivity contribution is 9.10. The molecule has 0 saturated carbocycles. The largest absolute Gasteiger partial charge is 0.494 e. The molecule has 0 atom stereocenters. The van der Waals surface area contributed by atoms with E-state index in [-0.39, 0.29) is 18.9 Å². The van der Waals surface area contributed by atoms with Crippen molar-refractivity contribution in [2.45, 2.75) is 19.0 Å². The molecule has 0 aliphatic rings. The lowest BCUT2D eigenvalue weighted by atomic mass is 10.2. The number of halogens is 4. The number of amidine groups is 1. The van der Waals surface area contributed by atoms with Crippen molar-refractivity contribution >= 4 is 21.8 Å². The van der Waals surface area contributed by atoms with Gasteiger partial charge in [-0.25, -0.2) is 0 Å². The lowest BCUT2D eigenvalue weighted by molar-refractivity contribution is -0.136. The quantitative estimate of drug-likeness (QED) is 0.495. The van der Waals surface area contributed by atoms with E-state index in [1.54, 1.807) is 18.2 Å². The van der Waals surface area contributed by atoms with Crippen molar-refractivity contribution in [1.29, 1.82) is 5.41 Å². The van der Waals surface area contributed by atoms with Gasteiger partial charge in [-0.2, -0.15) is 13.2 Å². The van der Waals surface area contributed by atoms with Gasteiger partial charge < -0.3 is 10.5 Å². The summed E-state index contributed by atoms with van der Waals surface area (Å²) in [6.45, 7) is -0.00856. The van der Waals surface area contributed by atoms with Crippen molar-refractivity contribution < 1.29 is 17.9 Å². The molecule has 0 spiro atoms. The molecule has 3 N–H and O–H groups in total. The smallest absolute Gasteiger partial charge is 0.389 e. The summed E-state index contributed by atoms with van der Waals surface area (Å²) in [6, 6.07) is 4.71. The Hall–Kier alpha value is -1.24. The van der Waals surface area contributed by atoms with Gasteiger partial charge in [0.25, 0.3) is 0 Å². The fraction of sp³-hybridized carbons (Fsp3) is 0.364. The Labute approximate surface area is 111 Å². The third-order valence-corrected chi connectivity index (χ3v) is 2.76. The van der Waals surface area contributed by atoms with Crippen LogP contribution in [0.1, 0.15) is 18.4 Å². The number of ether oxygens (including phenoxy) is 1. The number of rotatable bonds is 5. The van der Waals surface area contributed by atoms with Gasteiger partial charge in [0.2, 0.25) is 0 Å². The van der Waals surface area contributed by atoms with Crippen molar-refractivity contribution in [3.05, 3.63) is 28.2 Å². The van der Waals surface area contributed by atoms with Gasteiger partial charge in [-0.3, -0.25) is 5.41 Å². The van der Waals surface area contributed by atoms with E-state index >= 15 is 0 Å². The van der Waals surface area contributed by atoms with Gasteiger partial charge in [-0.1, -0.05) is 0 Å². The minimum atomic E-state index is -4.15. The van der Waals surface area contributed by atoms with Crippen LogP contribution in [0.3, 0.4) is 0 Å². The predicted molar refractivity (Wildman–Crippen MR) is 65.9 cm³/mol. The van der Waals surface area contributed by atoms with E-state index in [2.05, 4.69) is 15.9 Å². The van der Waals surface area contributed by atoms with Crippen molar-refractivity contribution in [2.24, 2.45) is 5.73 Å². The Bertz CT molecular complexity index is 435. The van der Waals surface area contributed by atoms with Crippen molar-refractivity contribution in [3.8, 4) is 5.75 Å². The van der Waals surface area contributed by atoms with Crippen LogP contribution in [0.2, 0.25) is 0 Å². The highest BCUT2D eigenvalue weighted by Crippen LogP contribution is 2.24. The Balaban J connectivity index is 2.49. The Kier molecular flexibility index (Phi) is 5.01. The second-order valence-electron chi connectivity index (χ2n) is 3.62. The highest BCUT2D eigenvalue weighted by Gasteiger charge is 2.26. The lowest BCUT2D eigenvalue weighted by Gasteiger charge is -2.09. The van der Waals surface area contributed by atoms with Crippen LogP contribution in [0.15, 0.2) is 22.7 Å². The number of nitrogens with one attached hydrogen (secondary N) is 1. The molecule has 0 heterocycles. The van der Waals surface area contributed by atoms with E-state index in [0.717, 1.165) is 0 Å². The normalized spacial score (nSPS) is 11.3. The first-order chi connectivity index (χ1) is 8.29. The number of hydrogen-bond acceptors (Lipinski definition) is 2. The van der Waals surface area contributed by atoms with Crippen LogP contribution in [0.25, 0.3) is 0 Å². The number of nitrogen functional groups attached to an aromatic ring is 1. The molecule has 0 saturated heterocycles. The Morgan fingerprint density at radius 3 is 2.56 bits per heavy atom. The summed E-state index contributed by atoms with van der Waals surface area (Å²) in [7, 11) is 0. The molecule has 0 radical (unpaired) electrons. The molecule has 0 fully saturated rings. The van der Waals surface area contributed by atoms with E-state index in [1.165, 1.54) is 0 Å². The second-order valence-corrected chi connectivity index (χ2v) is 4.48. The van der Waals surface area contributed by atoms with Crippen LogP contribution in [0, 0.1) is 5.41 Å². The molecular weight excluding hydrogens is 313 g/mol. The van der Waals surface area contributed by atoms with Crippen molar-refractivity contribution in [2.75, 3.05) is 6.61 Å². The van der Waals surface area contributed by atoms with Crippen LogP contribution in [0.5, 0.6) is 5.75 Å². The number of alkyl halides is 3. The molecule has 7 heteroatoms. The van der Waals surface area contributed by atoms with E-state index in [4.69, 9.17) is 15.9 Å². The lowest BCUT2D eigenvalue weighted by Crippen LogP contribution is -2.12. The number of nitrogens with two attached hydrogens (primary N) is 1. The first kappa shape index (κ1) is 14.8. The summed E-state index contributed by atoms with van der Waals surface area (Å²) >= 11 is 3.21. The van der Waals surface area contributed by atoms with Crippen LogP contribution in [0.4, 0.5) is 13.2 Å². The molecule has 0 amide bonds. The Morgan fingerprint density at radius 1 is 1.39 bits per heavy atom. The summed E-state index contributed by atoms with van der Waals surface area (Å²) in [4.78, 5) is 0. The monoisotopic (exact) mass is 324 g/mol. The van der Waals surface area contributed by atoms with E-state index in [1.807, 2.05) is 0 Å². The minimum Gasteiger partial charge on any atom is -0.494 e. The van der Waals surface area contributed by atoms with Crippen molar-refractivity contribution in [1.82, 2.24) is 0 Å². The van der Waals surface area contributed by atoms with Gasteiger partial charge in [0, 0.05) is 16.5 Å². The average molecular weight is 325 g/mol. The van der Waals surface area contributed by atoms with Crippen LogP contribution in [-0.2, 0) is 0 Å². The fourth-order valence-corrected chi connectivity index (χ4v) is 1.84. The van der Waals surface area contributed by atoms with E-state index < -0.39 is 12.6 Å². The van der Waals surface area contributed by atoms with Gasteiger partial charge >= 0.3 is 6.18 Å². The zero-order chi connectivity index (χ0) is 13.8. The SMILES string of the molecule is N=C(N)c1ccc(OCCCC(F)(F)F)cc1Br. The highest BCUT2D eigenvalue weighted by atomic mass is 79.9. The molecule has 1 rings (SSSR count). The van der Waals surface area contributed by atoms with Crippen LogP contribution < -0.4 is 10.5 Å². The van der Waals surface area contributed by atoms with E-state index in [9.17, 15) is 13.2 Å². The van der Waals surface area contributed by atoms with Gasteiger partial charge in [-0.05, 0) is 40.5 Å². The molecule has 0 aromatic heterocycles. The molecule has 0 aliphatic carbocycles. The maximum atomic E-state index is 11.9.